The maximum Gasteiger partial charge on any atom is 0.342 e. The van der Waals surface area contributed by atoms with Crippen molar-refractivity contribution in [2.75, 3.05) is 40.6 Å². The average molecular weight is 523 g/mol. The molecule has 0 aromatic heterocycles. The van der Waals surface area contributed by atoms with E-state index < -0.39 is 11.9 Å². The smallest absolute Gasteiger partial charge is 0.342 e. The molecular weight excluding hydrogens is 488 g/mol. The van der Waals surface area contributed by atoms with Crippen LogP contribution in [0.15, 0.2) is 72.8 Å². The van der Waals surface area contributed by atoms with Crippen LogP contribution >= 0.6 is 0 Å². The van der Waals surface area contributed by atoms with Crippen molar-refractivity contribution in [1.29, 1.82) is 0 Å². The third-order valence-corrected chi connectivity index (χ3v) is 5.51. The Balaban J connectivity index is 1.60. The van der Waals surface area contributed by atoms with E-state index in [-0.39, 0.29) is 23.5 Å². The minimum atomic E-state index is -0.725. The minimum absolute atomic E-state index is 0.0354. The summed E-state index contributed by atoms with van der Waals surface area (Å²) in [6.07, 6.45) is 1.18. The highest BCUT2D eigenvalue weighted by molar-refractivity contribution is 6.05. The van der Waals surface area contributed by atoms with Gasteiger partial charge in [-0.1, -0.05) is 60.7 Å². The van der Waals surface area contributed by atoms with Crippen molar-refractivity contribution in [3.05, 3.63) is 95.1 Å². The Kier molecular flexibility index (Phi) is 12.1. The first kappa shape index (κ1) is 28.7. The molecule has 0 amide bonds. The summed E-state index contributed by atoms with van der Waals surface area (Å²) in [6.45, 7) is 2.51. The molecule has 0 heterocycles. The van der Waals surface area contributed by atoms with Crippen molar-refractivity contribution < 1.29 is 38.0 Å². The Hall–Kier alpha value is -3.88. The molecule has 0 atom stereocenters. The van der Waals surface area contributed by atoms with E-state index in [1.807, 2.05) is 60.7 Å². The van der Waals surface area contributed by atoms with Crippen molar-refractivity contribution in [3.8, 4) is 11.5 Å². The first-order valence-electron chi connectivity index (χ1n) is 12.5. The zero-order valence-corrected chi connectivity index (χ0v) is 21.9. The molecule has 8 nitrogen and oxygen atoms in total. The van der Waals surface area contributed by atoms with E-state index in [1.165, 1.54) is 20.3 Å². The van der Waals surface area contributed by atoms with E-state index in [2.05, 4.69) is 0 Å². The molecule has 0 spiro atoms. The number of rotatable bonds is 16. The molecule has 0 radical (unpaired) electrons. The van der Waals surface area contributed by atoms with Gasteiger partial charge in [-0.3, -0.25) is 0 Å². The summed E-state index contributed by atoms with van der Waals surface area (Å²) in [4.78, 5) is 25.0. The second-order valence-corrected chi connectivity index (χ2v) is 8.28. The van der Waals surface area contributed by atoms with Crippen molar-refractivity contribution >= 4 is 11.9 Å². The van der Waals surface area contributed by atoms with Gasteiger partial charge in [0, 0.05) is 12.8 Å². The van der Waals surface area contributed by atoms with E-state index in [1.54, 1.807) is 6.07 Å². The van der Waals surface area contributed by atoms with Gasteiger partial charge in [-0.25, -0.2) is 9.59 Å². The summed E-state index contributed by atoms with van der Waals surface area (Å²) in [5, 5.41) is 0. The number of hydrogen-bond donors (Lipinski definition) is 0. The summed E-state index contributed by atoms with van der Waals surface area (Å²) in [6, 6.07) is 22.8. The normalized spacial score (nSPS) is 10.6. The van der Waals surface area contributed by atoms with Crippen LogP contribution in [-0.2, 0) is 32.2 Å². The molecule has 0 saturated carbocycles. The Morgan fingerprint density at radius 2 is 1.13 bits per heavy atom. The van der Waals surface area contributed by atoms with E-state index in [9.17, 15) is 9.59 Å². The molecule has 0 aliphatic heterocycles. The molecule has 0 bridgehead atoms. The molecule has 3 aromatic carbocycles. The topological polar surface area (TPSA) is 89.5 Å². The maximum absolute atomic E-state index is 12.7. The van der Waals surface area contributed by atoms with Crippen LogP contribution in [0.5, 0.6) is 11.5 Å². The van der Waals surface area contributed by atoms with Crippen molar-refractivity contribution in [2.45, 2.75) is 26.1 Å². The molecule has 38 heavy (non-hydrogen) atoms. The predicted octanol–water partition coefficient (Wildman–Crippen LogP) is 5.23. The monoisotopic (exact) mass is 522 g/mol. The second-order valence-electron chi connectivity index (χ2n) is 8.28. The molecule has 3 aromatic rings. The van der Waals surface area contributed by atoms with Gasteiger partial charge in [0.25, 0.3) is 0 Å². The van der Waals surface area contributed by atoms with E-state index >= 15 is 0 Å². The van der Waals surface area contributed by atoms with E-state index in [0.717, 1.165) is 11.1 Å². The van der Waals surface area contributed by atoms with Crippen molar-refractivity contribution in [1.82, 2.24) is 0 Å². The quantitative estimate of drug-likeness (QED) is 0.187. The van der Waals surface area contributed by atoms with Crippen LogP contribution in [0.1, 0.15) is 44.7 Å². The minimum Gasteiger partial charge on any atom is -0.490 e. The van der Waals surface area contributed by atoms with Gasteiger partial charge in [0.05, 0.1) is 59.4 Å². The molecule has 8 heteroatoms. The fraction of sp³-hybridized carbons (Fsp3) is 0.333. The Labute approximate surface area is 223 Å². The standard InChI is InChI=1S/C30H34O8/c1-33-29(31)25-15-16-26(37-19-9-17-35-21-23-11-5-3-6-12-23)28(27(25)30(32)34-2)38-20-10-18-36-22-24-13-7-4-8-14-24/h3-8,11-16H,9-10,17-22H2,1-2H3. The molecule has 0 saturated heterocycles. The number of ether oxygens (including phenoxy) is 6. The lowest BCUT2D eigenvalue weighted by molar-refractivity contribution is 0.0548. The van der Waals surface area contributed by atoms with Gasteiger partial charge in [0.1, 0.15) is 5.56 Å². The molecule has 0 aliphatic carbocycles. The van der Waals surface area contributed by atoms with E-state index in [4.69, 9.17) is 28.4 Å². The van der Waals surface area contributed by atoms with Gasteiger partial charge in [0.2, 0.25) is 0 Å². The third-order valence-electron chi connectivity index (χ3n) is 5.51. The lowest BCUT2D eigenvalue weighted by Gasteiger charge is -2.18. The fourth-order valence-electron chi connectivity index (χ4n) is 3.61. The van der Waals surface area contributed by atoms with Crippen LogP contribution in [0.2, 0.25) is 0 Å². The van der Waals surface area contributed by atoms with Crippen LogP contribution in [0.4, 0.5) is 0 Å². The molecule has 0 fully saturated rings. The van der Waals surface area contributed by atoms with Crippen LogP contribution in [0.3, 0.4) is 0 Å². The van der Waals surface area contributed by atoms with Gasteiger partial charge in [0.15, 0.2) is 11.5 Å². The van der Waals surface area contributed by atoms with Crippen LogP contribution in [0.25, 0.3) is 0 Å². The first-order valence-corrected chi connectivity index (χ1v) is 12.5. The summed E-state index contributed by atoms with van der Waals surface area (Å²) in [5.74, 6) is -0.945. The predicted molar refractivity (Wildman–Crippen MR) is 142 cm³/mol. The zero-order chi connectivity index (χ0) is 27.0. The molecule has 0 aliphatic rings. The molecule has 3 rings (SSSR count). The highest BCUT2D eigenvalue weighted by atomic mass is 16.5. The molecule has 0 N–H and O–H groups in total. The number of carbonyl (C=O) groups excluding carboxylic acids is 2. The largest absolute Gasteiger partial charge is 0.490 e. The highest BCUT2D eigenvalue weighted by Gasteiger charge is 2.27. The number of methoxy groups -OCH3 is 2. The zero-order valence-electron chi connectivity index (χ0n) is 21.9. The molecular formula is C30H34O8. The molecule has 202 valence electrons. The Bertz CT molecular complexity index is 1130. The fourth-order valence-corrected chi connectivity index (χ4v) is 3.61. The Morgan fingerprint density at radius 3 is 1.66 bits per heavy atom. The average Bonchev–Trinajstić information content (AvgIpc) is 2.97. The summed E-state index contributed by atoms with van der Waals surface area (Å²) >= 11 is 0. The SMILES string of the molecule is COC(=O)c1ccc(OCCCOCc2ccccc2)c(OCCCOCc2ccccc2)c1C(=O)OC. The summed E-state index contributed by atoms with van der Waals surface area (Å²) in [5.41, 5.74) is 2.17. The van der Waals surface area contributed by atoms with Crippen LogP contribution < -0.4 is 9.47 Å². The van der Waals surface area contributed by atoms with Gasteiger partial charge in [-0.2, -0.15) is 0 Å². The molecule has 0 unspecified atom stereocenters. The second kappa shape index (κ2) is 16.1. The lowest BCUT2D eigenvalue weighted by atomic mass is 10.1. The highest BCUT2D eigenvalue weighted by Crippen LogP contribution is 2.35. The Morgan fingerprint density at radius 1 is 0.605 bits per heavy atom. The van der Waals surface area contributed by atoms with Gasteiger partial charge in [-0.05, 0) is 23.3 Å². The first-order chi connectivity index (χ1) is 18.6. The van der Waals surface area contributed by atoms with Crippen molar-refractivity contribution in [3.63, 3.8) is 0 Å². The number of hydrogen-bond acceptors (Lipinski definition) is 8. The van der Waals surface area contributed by atoms with Gasteiger partial charge >= 0.3 is 11.9 Å². The van der Waals surface area contributed by atoms with Crippen LogP contribution in [0, 0.1) is 0 Å². The number of carbonyl (C=O) groups is 2. The summed E-state index contributed by atoms with van der Waals surface area (Å²) in [7, 11) is 2.48. The van der Waals surface area contributed by atoms with Crippen LogP contribution in [-0.4, -0.2) is 52.6 Å². The number of benzene rings is 3. The lowest BCUT2D eigenvalue weighted by Crippen LogP contribution is -2.16. The van der Waals surface area contributed by atoms with E-state index in [0.29, 0.717) is 51.6 Å². The van der Waals surface area contributed by atoms with Crippen molar-refractivity contribution in [2.24, 2.45) is 0 Å². The summed E-state index contributed by atoms with van der Waals surface area (Å²) < 4.78 is 33.1. The maximum atomic E-state index is 12.7. The number of esters is 2. The van der Waals surface area contributed by atoms with Gasteiger partial charge < -0.3 is 28.4 Å². The third kappa shape index (κ3) is 8.90. The van der Waals surface area contributed by atoms with Gasteiger partial charge in [-0.15, -0.1) is 0 Å².